The second kappa shape index (κ2) is 7.04. The molecule has 4 heteroatoms. The van der Waals surface area contributed by atoms with Crippen molar-refractivity contribution in [2.75, 3.05) is 12.4 Å². The number of nitrogens with zero attached hydrogens (tertiary/aromatic N) is 1. The zero-order valence-corrected chi connectivity index (χ0v) is 13.8. The molecule has 24 heavy (non-hydrogen) atoms. The van der Waals surface area contributed by atoms with Gasteiger partial charge in [0.2, 0.25) is 0 Å². The largest absolute Gasteiger partial charge is 0.496 e. The van der Waals surface area contributed by atoms with Crippen molar-refractivity contribution < 1.29 is 9.53 Å². The van der Waals surface area contributed by atoms with Gasteiger partial charge in [-0.3, -0.25) is 4.79 Å². The molecule has 0 aliphatic carbocycles. The van der Waals surface area contributed by atoms with E-state index < -0.39 is 0 Å². The minimum atomic E-state index is -0.127. The van der Waals surface area contributed by atoms with E-state index in [1.807, 2.05) is 55.7 Å². The smallest absolute Gasteiger partial charge is 0.272 e. The number of carbonyl (C=O) groups excluding carboxylic acids is 1. The molecule has 0 unspecified atom stereocenters. The Balaban J connectivity index is 1.83. The summed E-state index contributed by atoms with van der Waals surface area (Å²) in [6.07, 6.45) is 2.60. The van der Waals surface area contributed by atoms with E-state index in [0.717, 1.165) is 23.4 Å². The Labute approximate surface area is 141 Å². The van der Waals surface area contributed by atoms with Crippen LogP contribution >= 0.6 is 0 Å². The van der Waals surface area contributed by atoms with Crippen LogP contribution in [0.15, 0.2) is 66.9 Å². The van der Waals surface area contributed by atoms with Crippen LogP contribution in [0.3, 0.4) is 0 Å². The summed E-state index contributed by atoms with van der Waals surface area (Å²) in [6, 6.07) is 19.5. The zero-order chi connectivity index (χ0) is 16.9. The molecule has 0 radical (unpaired) electrons. The summed E-state index contributed by atoms with van der Waals surface area (Å²) in [4.78, 5) is 12.4. The van der Waals surface area contributed by atoms with Crippen molar-refractivity contribution in [3.05, 3.63) is 83.7 Å². The molecule has 0 atom stereocenters. The summed E-state index contributed by atoms with van der Waals surface area (Å²) in [6.45, 7) is 0. The van der Waals surface area contributed by atoms with Crippen LogP contribution in [0.4, 0.5) is 5.69 Å². The lowest BCUT2D eigenvalue weighted by molar-refractivity contribution is 0.101. The number of rotatable bonds is 5. The van der Waals surface area contributed by atoms with Crippen LogP contribution in [0.5, 0.6) is 5.75 Å². The number of hydrogen-bond acceptors (Lipinski definition) is 2. The lowest BCUT2D eigenvalue weighted by atomic mass is 10.0. The Kier molecular flexibility index (Phi) is 4.66. The lowest BCUT2D eigenvalue weighted by Gasteiger charge is -2.12. The topological polar surface area (TPSA) is 43.3 Å². The van der Waals surface area contributed by atoms with E-state index in [1.165, 1.54) is 5.56 Å². The second-order valence-electron chi connectivity index (χ2n) is 5.65. The number of methoxy groups -OCH3 is 1. The van der Waals surface area contributed by atoms with Gasteiger partial charge in [0.1, 0.15) is 11.4 Å². The van der Waals surface area contributed by atoms with Gasteiger partial charge in [-0.25, -0.2) is 0 Å². The van der Waals surface area contributed by atoms with Crippen molar-refractivity contribution in [3.63, 3.8) is 0 Å². The first-order chi connectivity index (χ1) is 11.7. The monoisotopic (exact) mass is 320 g/mol. The molecule has 0 saturated heterocycles. The van der Waals surface area contributed by atoms with E-state index in [1.54, 1.807) is 17.7 Å². The molecule has 0 aliphatic heterocycles. The maximum absolute atomic E-state index is 12.4. The first-order valence-electron chi connectivity index (χ1n) is 7.81. The molecule has 2 aromatic carbocycles. The molecule has 1 heterocycles. The van der Waals surface area contributed by atoms with Gasteiger partial charge in [-0.15, -0.1) is 0 Å². The van der Waals surface area contributed by atoms with Gasteiger partial charge in [0.15, 0.2) is 0 Å². The predicted molar refractivity (Wildman–Crippen MR) is 95.6 cm³/mol. The number of aryl methyl sites for hydroxylation is 1. The fourth-order valence-corrected chi connectivity index (χ4v) is 2.70. The van der Waals surface area contributed by atoms with E-state index in [2.05, 4.69) is 17.4 Å². The average Bonchev–Trinajstić information content (AvgIpc) is 3.02. The van der Waals surface area contributed by atoms with Crippen LogP contribution in [0.2, 0.25) is 0 Å². The number of nitrogens with one attached hydrogen (secondary N) is 1. The highest BCUT2D eigenvalue weighted by Crippen LogP contribution is 2.25. The Bertz CT molecular complexity index is 838. The first kappa shape index (κ1) is 15.9. The predicted octanol–water partition coefficient (Wildman–Crippen LogP) is 3.88. The van der Waals surface area contributed by atoms with Gasteiger partial charge < -0.3 is 14.6 Å². The summed E-state index contributed by atoms with van der Waals surface area (Å²) < 4.78 is 7.25. The van der Waals surface area contributed by atoms with Gasteiger partial charge in [0.25, 0.3) is 5.91 Å². The van der Waals surface area contributed by atoms with Gasteiger partial charge in [-0.2, -0.15) is 0 Å². The fourth-order valence-electron chi connectivity index (χ4n) is 2.70. The van der Waals surface area contributed by atoms with E-state index >= 15 is 0 Å². The molecule has 122 valence electrons. The van der Waals surface area contributed by atoms with E-state index in [0.29, 0.717) is 5.69 Å². The third-order valence-corrected chi connectivity index (χ3v) is 3.95. The third kappa shape index (κ3) is 3.49. The highest BCUT2D eigenvalue weighted by molar-refractivity contribution is 6.03. The highest BCUT2D eigenvalue weighted by Gasteiger charge is 2.11. The number of aromatic nitrogens is 1. The van der Waals surface area contributed by atoms with Crippen LogP contribution in [0.1, 0.15) is 21.6 Å². The molecule has 0 saturated carbocycles. The number of benzene rings is 2. The van der Waals surface area contributed by atoms with Crippen molar-refractivity contribution in [2.24, 2.45) is 7.05 Å². The highest BCUT2D eigenvalue weighted by atomic mass is 16.5. The van der Waals surface area contributed by atoms with Crippen LogP contribution in [-0.2, 0) is 13.5 Å². The summed E-state index contributed by atoms with van der Waals surface area (Å²) >= 11 is 0. The van der Waals surface area contributed by atoms with Crippen molar-refractivity contribution in [3.8, 4) is 5.75 Å². The molecular weight excluding hydrogens is 300 g/mol. The Morgan fingerprint density at radius 2 is 1.88 bits per heavy atom. The van der Waals surface area contributed by atoms with Crippen molar-refractivity contribution >= 4 is 11.6 Å². The molecule has 1 amide bonds. The van der Waals surface area contributed by atoms with Gasteiger partial charge in [0.05, 0.1) is 7.11 Å². The molecule has 1 N–H and O–H groups in total. The molecule has 3 aromatic rings. The fraction of sp³-hybridized carbons (Fsp3) is 0.150. The summed E-state index contributed by atoms with van der Waals surface area (Å²) in [7, 11) is 3.51. The molecular formula is C20H20N2O2. The molecule has 1 aromatic heterocycles. The molecule has 0 spiro atoms. The number of anilines is 1. The van der Waals surface area contributed by atoms with E-state index in [9.17, 15) is 4.79 Å². The average molecular weight is 320 g/mol. The summed E-state index contributed by atoms with van der Waals surface area (Å²) in [5.41, 5.74) is 3.61. The van der Waals surface area contributed by atoms with Crippen molar-refractivity contribution in [1.29, 1.82) is 0 Å². The molecule has 0 fully saturated rings. The van der Waals surface area contributed by atoms with Crippen LogP contribution < -0.4 is 10.1 Å². The van der Waals surface area contributed by atoms with E-state index in [-0.39, 0.29) is 5.91 Å². The second-order valence-corrected chi connectivity index (χ2v) is 5.65. The maximum atomic E-state index is 12.4. The van der Waals surface area contributed by atoms with Gasteiger partial charge >= 0.3 is 0 Å². The van der Waals surface area contributed by atoms with Crippen LogP contribution in [-0.4, -0.2) is 17.6 Å². The SMILES string of the molecule is COc1ccc(NC(=O)c2cccn2C)cc1Cc1ccccc1. The lowest BCUT2D eigenvalue weighted by Crippen LogP contribution is -2.15. The number of carbonyl (C=O) groups is 1. The summed E-state index contributed by atoms with van der Waals surface area (Å²) in [5.74, 6) is 0.689. The third-order valence-electron chi connectivity index (χ3n) is 3.95. The van der Waals surface area contributed by atoms with Gasteiger partial charge in [0, 0.05) is 30.9 Å². The Hall–Kier alpha value is -3.01. The van der Waals surface area contributed by atoms with Crippen LogP contribution in [0.25, 0.3) is 0 Å². The number of amides is 1. The Morgan fingerprint density at radius 3 is 2.54 bits per heavy atom. The number of hydrogen-bond donors (Lipinski definition) is 1. The summed E-state index contributed by atoms with van der Waals surface area (Å²) in [5, 5.41) is 2.95. The van der Waals surface area contributed by atoms with Gasteiger partial charge in [-0.1, -0.05) is 30.3 Å². The normalized spacial score (nSPS) is 10.4. The van der Waals surface area contributed by atoms with Crippen LogP contribution in [0, 0.1) is 0 Å². The number of ether oxygens (including phenoxy) is 1. The molecule has 0 bridgehead atoms. The quantitative estimate of drug-likeness (QED) is 0.775. The van der Waals surface area contributed by atoms with Crippen molar-refractivity contribution in [2.45, 2.75) is 6.42 Å². The first-order valence-corrected chi connectivity index (χ1v) is 7.81. The molecule has 0 aliphatic rings. The minimum absolute atomic E-state index is 0.127. The molecule has 4 nitrogen and oxygen atoms in total. The maximum Gasteiger partial charge on any atom is 0.272 e. The van der Waals surface area contributed by atoms with E-state index in [4.69, 9.17) is 4.74 Å². The Morgan fingerprint density at radius 1 is 1.08 bits per heavy atom. The zero-order valence-electron chi connectivity index (χ0n) is 13.8. The minimum Gasteiger partial charge on any atom is -0.496 e. The standard InChI is InChI=1S/C20H20N2O2/c1-22-12-6-9-18(22)20(23)21-17-10-11-19(24-2)16(14-17)13-15-7-4-3-5-8-15/h3-12,14H,13H2,1-2H3,(H,21,23). The molecule has 3 rings (SSSR count). The van der Waals surface area contributed by atoms with Crippen molar-refractivity contribution in [1.82, 2.24) is 4.57 Å². The van der Waals surface area contributed by atoms with Gasteiger partial charge in [-0.05, 0) is 35.9 Å².